The number of aromatic carboxylic acids is 1. The van der Waals surface area contributed by atoms with Gasteiger partial charge in [0.15, 0.2) is 11.6 Å². The van der Waals surface area contributed by atoms with E-state index >= 15 is 0 Å². The summed E-state index contributed by atoms with van der Waals surface area (Å²) in [6, 6.07) is 11.4. The second-order valence-electron chi connectivity index (χ2n) is 8.36. The van der Waals surface area contributed by atoms with Crippen LogP contribution in [0.4, 0.5) is 0 Å². The number of carboxylic acid groups (broad SMARTS) is 1. The van der Waals surface area contributed by atoms with Crippen molar-refractivity contribution in [3.05, 3.63) is 76.0 Å². The summed E-state index contributed by atoms with van der Waals surface area (Å²) in [5.74, 6) is -1.94. The number of hydrogen-bond donors (Lipinski definition) is 4. The number of Topliss-reactive ketones (excluding diaryl/α,β-unsaturated/α-hetero) is 2. The molecule has 14 heteroatoms. The van der Waals surface area contributed by atoms with Crippen LogP contribution in [0.25, 0.3) is 11.3 Å². The number of nitrogens with zero attached hydrogens (tertiary/aromatic N) is 5. The van der Waals surface area contributed by atoms with Crippen molar-refractivity contribution in [1.82, 2.24) is 35.5 Å². The van der Waals surface area contributed by atoms with Gasteiger partial charge in [-0.2, -0.15) is 20.6 Å². The van der Waals surface area contributed by atoms with Gasteiger partial charge in [-0.15, -0.1) is 0 Å². The third kappa shape index (κ3) is 7.46. The van der Waals surface area contributed by atoms with E-state index in [0.717, 1.165) is 5.56 Å². The van der Waals surface area contributed by atoms with Crippen molar-refractivity contribution in [2.24, 2.45) is 0 Å². The van der Waals surface area contributed by atoms with Gasteiger partial charge in [0, 0.05) is 37.7 Å². The lowest BCUT2D eigenvalue weighted by molar-refractivity contribution is 0.0689. The molecule has 4 rings (SSSR count). The molecule has 0 saturated heterocycles. The molecule has 4 aromatic rings. The average molecular weight is 551 g/mol. The van der Waals surface area contributed by atoms with Crippen LogP contribution in [0.2, 0.25) is 5.02 Å². The van der Waals surface area contributed by atoms with E-state index in [1.54, 1.807) is 29.1 Å². The molecule has 0 unspecified atom stereocenters. The van der Waals surface area contributed by atoms with Gasteiger partial charge >= 0.3 is 5.97 Å². The second kappa shape index (κ2) is 12.4. The van der Waals surface area contributed by atoms with E-state index in [2.05, 4.69) is 30.8 Å². The Balaban J connectivity index is 0.000000320. The fourth-order valence-corrected chi connectivity index (χ4v) is 3.46. The first kappa shape index (κ1) is 28.5. The molecule has 0 aliphatic rings. The summed E-state index contributed by atoms with van der Waals surface area (Å²) in [5, 5.41) is 37.1. The Morgan fingerprint density at radius 2 is 1.67 bits per heavy atom. The van der Waals surface area contributed by atoms with Crippen molar-refractivity contribution in [3.63, 3.8) is 0 Å². The molecule has 0 radical (unpaired) electrons. The molecule has 0 aliphatic carbocycles. The lowest BCUT2D eigenvalue weighted by Gasteiger charge is -2.13. The normalized spacial score (nSPS) is 11.1. The van der Waals surface area contributed by atoms with Gasteiger partial charge in [0.1, 0.15) is 28.8 Å². The van der Waals surface area contributed by atoms with Crippen LogP contribution in [0.15, 0.2) is 42.6 Å². The van der Waals surface area contributed by atoms with Crippen molar-refractivity contribution >= 4 is 35.0 Å². The highest BCUT2D eigenvalue weighted by molar-refractivity contribution is 6.32. The summed E-state index contributed by atoms with van der Waals surface area (Å²) in [7, 11) is 0. The lowest BCUT2D eigenvalue weighted by atomic mass is 10.1. The Morgan fingerprint density at radius 1 is 1.05 bits per heavy atom. The topological polar surface area (TPSA) is 200 Å². The number of rotatable bonds is 8. The first-order valence-electron chi connectivity index (χ1n) is 11.4. The molecule has 1 aromatic carbocycles. The van der Waals surface area contributed by atoms with E-state index < -0.39 is 5.97 Å². The maximum Gasteiger partial charge on any atom is 0.353 e. The van der Waals surface area contributed by atoms with E-state index in [9.17, 15) is 19.2 Å². The number of hydrogen-bond acceptors (Lipinski definition) is 8. The molecular formula is C25H23ClN8O5. The summed E-state index contributed by atoms with van der Waals surface area (Å²) in [6.07, 6.45) is 1.80. The highest BCUT2D eigenvalue weighted by Gasteiger charge is 2.15. The van der Waals surface area contributed by atoms with E-state index in [0.29, 0.717) is 22.8 Å². The predicted octanol–water partition coefficient (Wildman–Crippen LogP) is 3.13. The highest BCUT2D eigenvalue weighted by atomic mass is 35.5. The number of nitrogens with one attached hydrogen (secondary N) is 3. The number of aromatic nitrogens is 6. The van der Waals surface area contributed by atoms with Gasteiger partial charge in [-0.25, -0.2) is 4.79 Å². The summed E-state index contributed by atoms with van der Waals surface area (Å²) in [4.78, 5) is 44.4. The molecule has 3 aromatic heterocycles. The van der Waals surface area contributed by atoms with Crippen LogP contribution in [-0.2, 0) is 6.54 Å². The molecule has 3 heterocycles. The number of ketones is 2. The molecule has 0 fully saturated rings. The number of carboxylic acids is 1. The van der Waals surface area contributed by atoms with Gasteiger partial charge < -0.3 is 10.4 Å². The zero-order chi connectivity index (χ0) is 28.7. The SMILES string of the molecule is CC(=O)c1cc(C(=O)N[C@@H](C)Cn2ccc(-c3ccc(C#N)c(Cl)c3)n2)[nH]n1.CC(=O)c1cc(C(=O)O)[nH]n1. The number of halogens is 1. The van der Waals surface area contributed by atoms with Crippen LogP contribution in [0.3, 0.4) is 0 Å². The minimum atomic E-state index is -1.12. The molecule has 1 atom stereocenters. The van der Waals surface area contributed by atoms with Crippen molar-refractivity contribution in [3.8, 4) is 17.3 Å². The van der Waals surface area contributed by atoms with Crippen LogP contribution >= 0.6 is 11.6 Å². The number of nitriles is 1. The van der Waals surface area contributed by atoms with E-state index in [1.165, 1.54) is 26.0 Å². The molecule has 0 spiro atoms. The minimum Gasteiger partial charge on any atom is -0.477 e. The van der Waals surface area contributed by atoms with Crippen LogP contribution in [0.1, 0.15) is 68.3 Å². The number of benzene rings is 1. The molecule has 0 bridgehead atoms. The lowest BCUT2D eigenvalue weighted by Crippen LogP contribution is -2.36. The van der Waals surface area contributed by atoms with E-state index in [-0.39, 0.29) is 46.3 Å². The number of carbonyl (C=O) groups is 4. The molecule has 4 N–H and O–H groups in total. The summed E-state index contributed by atoms with van der Waals surface area (Å²) >= 11 is 6.07. The monoisotopic (exact) mass is 550 g/mol. The molecule has 13 nitrogen and oxygen atoms in total. The standard InChI is InChI=1S/C19H17ClN6O2.C6H6N2O3/c1-11(22-19(28)18-8-17(12(2)27)23-24-18)10-26-6-5-16(25-26)13-3-4-14(9-21)15(20)7-13;1-3(9)4-2-5(6(10)11)8-7-4/h3-8,11H,10H2,1-2H3,(H,22,28)(H,23,24);2H,1H3,(H,7,8)(H,10,11)/t11-;/m0./s1. The predicted molar refractivity (Wildman–Crippen MR) is 138 cm³/mol. The summed E-state index contributed by atoms with van der Waals surface area (Å²) in [6.45, 7) is 5.00. The fourth-order valence-electron chi connectivity index (χ4n) is 3.24. The van der Waals surface area contributed by atoms with Gasteiger partial charge in [-0.1, -0.05) is 17.7 Å². The molecular weight excluding hydrogens is 528 g/mol. The largest absolute Gasteiger partial charge is 0.477 e. The van der Waals surface area contributed by atoms with Crippen molar-refractivity contribution in [2.75, 3.05) is 0 Å². The second-order valence-corrected chi connectivity index (χ2v) is 8.76. The number of aromatic amines is 2. The number of H-pyrrole nitrogens is 2. The highest BCUT2D eigenvalue weighted by Crippen LogP contribution is 2.24. The average Bonchev–Trinajstić information content (AvgIpc) is 3.65. The first-order chi connectivity index (χ1) is 18.5. The minimum absolute atomic E-state index is 0.0739. The zero-order valence-electron chi connectivity index (χ0n) is 21.0. The zero-order valence-corrected chi connectivity index (χ0v) is 21.8. The fraction of sp³-hybridized carbons (Fsp3) is 0.200. The van der Waals surface area contributed by atoms with E-state index in [1.807, 2.05) is 19.1 Å². The van der Waals surface area contributed by atoms with Crippen molar-refractivity contribution < 1.29 is 24.3 Å². The van der Waals surface area contributed by atoms with Crippen LogP contribution in [0.5, 0.6) is 0 Å². The molecule has 200 valence electrons. The Hall–Kier alpha value is -5.09. The Morgan fingerprint density at radius 3 is 2.18 bits per heavy atom. The van der Waals surface area contributed by atoms with Crippen molar-refractivity contribution in [1.29, 1.82) is 5.26 Å². The van der Waals surface area contributed by atoms with Gasteiger partial charge in [0.05, 0.1) is 22.8 Å². The summed E-state index contributed by atoms with van der Waals surface area (Å²) in [5.41, 5.74) is 2.43. The Bertz CT molecular complexity index is 1550. The maximum atomic E-state index is 12.2. The van der Waals surface area contributed by atoms with Gasteiger partial charge in [-0.3, -0.25) is 29.3 Å². The van der Waals surface area contributed by atoms with E-state index in [4.69, 9.17) is 22.0 Å². The molecule has 39 heavy (non-hydrogen) atoms. The third-order valence-corrected chi connectivity index (χ3v) is 5.53. The van der Waals surface area contributed by atoms with Gasteiger partial charge in [0.25, 0.3) is 5.91 Å². The van der Waals surface area contributed by atoms with Crippen LogP contribution < -0.4 is 5.32 Å². The molecule has 0 aliphatic heterocycles. The molecule has 1 amide bonds. The Kier molecular flexibility index (Phi) is 9.08. The maximum absolute atomic E-state index is 12.2. The first-order valence-corrected chi connectivity index (χ1v) is 11.8. The van der Waals surface area contributed by atoms with Crippen molar-refractivity contribution in [2.45, 2.75) is 33.4 Å². The van der Waals surface area contributed by atoms with Crippen LogP contribution in [0, 0.1) is 11.3 Å². The number of carbonyl (C=O) groups excluding carboxylic acids is 3. The quantitative estimate of drug-likeness (QED) is 0.238. The van der Waals surface area contributed by atoms with Gasteiger partial charge in [-0.05, 0) is 31.2 Å². The molecule has 0 saturated carbocycles. The van der Waals surface area contributed by atoms with Gasteiger partial charge in [0.2, 0.25) is 0 Å². The number of amides is 1. The summed E-state index contributed by atoms with van der Waals surface area (Å²) < 4.78 is 1.71. The third-order valence-electron chi connectivity index (χ3n) is 5.22. The Labute approximate surface area is 226 Å². The smallest absolute Gasteiger partial charge is 0.353 e. The van der Waals surface area contributed by atoms with Crippen LogP contribution in [-0.4, -0.2) is 64.8 Å².